The molecule has 2 aromatic heterocycles. The summed E-state index contributed by atoms with van der Waals surface area (Å²) in [7, 11) is 0. The predicted molar refractivity (Wildman–Crippen MR) is 83.5 cm³/mol. The molecule has 0 radical (unpaired) electrons. The zero-order valence-electron chi connectivity index (χ0n) is 12.2. The predicted octanol–water partition coefficient (Wildman–Crippen LogP) is 3.34. The van der Waals surface area contributed by atoms with Crippen LogP contribution in [0.2, 0.25) is 0 Å². The Morgan fingerprint density at radius 1 is 1.33 bits per heavy atom. The van der Waals surface area contributed by atoms with Crippen molar-refractivity contribution in [2.75, 3.05) is 5.32 Å². The minimum Gasteiger partial charge on any atom is -0.347 e. The van der Waals surface area contributed by atoms with Crippen LogP contribution < -0.4 is 5.32 Å². The molecule has 0 fully saturated rings. The first-order valence-corrected chi connectivity index (χ1v) is 7.09. The Labute approximate surface area is 123 Å². The van der Waals surface area contributed by atoms with E-state index >= 15 is 0 Å². The standard InChI is InChI=1S/C16H18N4O/c1-3-7-20-8-6-12-10-13(4-5-15(12)20)17-16(21)14-9-11(2)18-19-14/h4-6,8-10H,3,7H2,1-2H3,(H,17,21)(H,18,19). The second-order valence-electron chi connectivity index (χ2n) is 5.17. The summed E-state index contributed by atoms with van der Waals surface area (Å²) in [5.41, 5.74) is 3.23. The minimum atomic E-state index is -0.202. The zero-order chi connectivity index (χ0) is 14.8. The van der Waals surface area contributed by atoms with Gasteiger partial charge in [-0.05, 0) is 43.7 Å². The van der Waals surface area contributed by atoms with Crippen molar-refractivity contribution in [3.05, 3.63) is 47.9 Å². The number of H-pyrrole nitrogens is 1. The summed E-state index contributed by atoms with van der Waals surface area (Å²) < 4.78 is 2.22. The van der Waals surface area contributed by atoms with Gasteiger partial charge < -0.3 is 9.88 Å². The van der Waals surface area contributed by atoms with E-state index in [0.717, 1.165) is 29.7 Å². The minimum absolute atomic E-state index is 0.202. The SMILES string of the molecule is CCCn1ccc2cc(NC(=O)c3cc(C)[nH]n3)ccc21. The number of benzene rings is 1. The Balaban J connectivity index is 1.83. The molecule has 1 aromatic carbocycles. The van der Waals surface area contributed by atoms with E-state index in [1.54, 1.807) is 6.07 Å². The van der Waals surface area contributed by atoms with E-state index in [-0.39, 0.29) is 5.91 Å². The van der Waals surface area contributed by atoms with Crippen LogP contribution in [0.5, 0.6) is 0 Å². The lowest BCUT2D eigenvalue weighted by atomic mass is 10.2. The van der Waals surface area contributed by atoms with Gasteiger partial charge in [-0.15, -0.1) is 0 Å². The van der Waals surface area contributed by atoms with Crippen molar-refractivity contribution in [3.63, 3.8) is 0 Å². The number of fused-ring (bicyclic) bond motifs is 1. The molecule has 2 heterocycles. The maximum Gasteiger partial charge on any atom is 0.276 e. The topological polar surface area (TPSA) is 62.7 Å². The molecule has 0 aliphatic rings. The van der Waals surface area contributed by atoms with Crippen LogP contribution >= 0.6 is 0 Å². The number of nitrogens with one attached hydrogen (secondary N) is 2. The van der Waals surface area contributed by atoms with Crippen molar-refractivity contribution in [2.24, 2.45) is 0 Å². The summed E-state index contributed by atoms with van der Waals surface area (Å²) in [6.07, 6.45) is 3.18. The van der Waals surface area contributed by atoms with Crippen LogP contribution in [-0.2, 0) is 6.54 Å². The average Bonchev–Trinajstić information content (AvgIpc) is 3.06. The van der Waals surface area contributed by atoms with Gasteiger partial charge >= 0.3 is 0 Å². The summed E-state index contributed by atoms with van der Waals surface area (Å²) in [5.74, 6) is -0.202. The third kappa shape index (κ3) is 2.67. The van der Waals surface area contributed by atoms with Crippen LogP contribution in [0.25, 0.3) is 10.9 Å². The first-order valence-electron chi connectivity index (χ1n) is 7.09. The van der Waals surface area contributed by atoms with Crippen LogP contribution in [-0.4, -0.2) is 20.7 Å². The van der Waals surface area contributed by atoms with E-state index in [2.05, 4.69) is 39.3 Å². The number of anilines is 1. The number of nitrogens with zero attached hydrogens (tertiary/aromatic N) is 2. The Kier molecular flexibility index (Phi) is 3.48. The number of aromatic nitrogens is 3. The number of aryl methyl sites for hydroxylation is 2. The third-order valence-corrected chi connectivity index (χ3v) is 3.43. The smallest absolute Gasteiger partial charge is 0.276 e. The molecule has 0 unspecified atom stereocenters. The van der Waals surface area contributed by atoms with Crippen molar-refractivity contribution >= 4 is 22.5 Å². The van der Waals surface area contributed by atoms with Gasteiger partial charge in [-0.2, -0.15) is 5.10 Å². The van der Waals surface area contributed by atoms with Crippen molar-refractivity contribution in [1.82, 2.24) is 14.8 Å². The van der Waals surface area contributed by atoms with Gasteiger partial charge in [-0.25, -0.2) is 0 Å². The van der Waals surface area contributed by atoms with Crippen LogP contribution in [0.3, 0.4) is 0 Å². The van der Waals surface area contributed by atoms with E-state index in [4.69, 9.17) is 0 Å². The second kappa shape index (κ2) is 5.44. The zero-order valence-corrected chi connectivity index (χ0v) is 12.2. The molecule has 0 aliphatic carbocycles. The van der Waals surface area contributed by atoms with Gasteiger partial charge in [-0.1, -0.05) is 6.92 Å². The lowest BCUT2D eigenvalue weighted by molar-refractivity contribution is 0.102. The molecule has 21 heavy (non-hydrogen) atoms. The molecule has 5 heteroatoms. The molecule has 0 atom stereocenters. The number of hydrogen-bond acceptors (Lipinski definition) is 2. The van der Waals surface area contributed by atoms with Crippen molar-refractivity contribution < 1.29 is 4.79 Å². The Morgan fingerprint density at radius 3 is 2.90 bits per heavy atom. The number of amides is 1. The highest BCUT2D eigenvalue weighted by molar-refractivity contribution is 6.03. The second-order valence-corrected chi connectivity index (χ2v) is 5.17. The van der Waals surface area contributed by atoms with E-state index in [1.165, 1.54) is 5.52 Å². The summed E-state index contributed by atoms with van der Waals surface area (Å²) >= 11 is 0. The van der Waals surface area contributed by atoms with Gasteiger partial charge in [0, 0.05) is 35.0 Å². The Bertz CT molecular complexity index is 785. The van der Waals surface area contributed by atoms with Gasteiger partial charge in [0.25, 0.3) is 5.91 Å². The third-order valence-electron chi connectivity index (χ3n) is 3.43. The Morgan fingerprint density at radius 2 is 2.19 bits per heavy atom. The highest BCUT2D eigenvalue weighted by Gasteiger charge is 2.10. The average molecular weight is 282 g/mol. The molecule has 3 rings (SSSR count). The number of rotatable bonds is 4. The largest absolute Gasteiger partial charge is 0.347 e. The maximum atomic E-state index is 12.1. The van der Waals surface area contributed by atoms with Crippen LogP contribution in [0, 0.1) is 6.92 Å². The van der Waals surface area contributed by atoms with E-state index in [9.17, 15) is 4.79 Å². The number of hydrogen-bond donors (Lipinski definition) is 2. The fourth-order valence-corrected chi connectivity index (χ4v) is 2.44. The van der Waals surface area contributed by atoms with Crippen molar-refractivity contribution in [1.29, 1.82) is 0 Å². The van der Waals surface area contributed by atoms with E-state index in [0.29, 0.717) is 5.69 Å². The molecule has 2 N–H and O–H groups in total. The number of carbonyl (C=O) groups is 1. The van der Waals surface area contributed by atoms with Crippen molar-refractivity contribution in [3.8, 4) is 0 Å². The molecule has 1 amide bonds. The van der Waals surface area contributed by atoms with Gasteiger partial charge in [0.05, 0.1) is 0 Å². The lowest BCUT2D eigenvalue weighted by Crippen LogP contribution is -2.12. The first kappa shape index (κ1) is 13.4. The molecule has 0 saturated carbocycles. The summed E-state index contributed by atoms with van der Waals surface area (Å²) in [6, 6.07) is 9.74. The molecule has 0 spiro atoms. The molecule has 108 valence electrons. The molecular formula is C16H18N4O. The molecule has 0 saturated heterocycles. The van der Waals surface area contributed by atoms with Crippen molar-refractivity contribution in [2.45, 2.75) is 26.8 Å². The maximum absolute atomic E-state index is 12.1. The molecule has 0 aliphatic heterocycles. The fraction of sp³-hybridized carbons (Fsp3) is 0.250. The number of aromatic amines is 1. The molecule has 5 nitrogen and oxygen atoms in total. The number of carbonyl (C=O) groups excluding carboxylic acids is 1. The molecule has 0 bridgehead atoms. The highest BCUT2D eigenvalue weighted by Crippen LogP contribution is 2.21. The summed E-state index contributed by atoms with van der Waals surface area (Å²) in [4.78, 5) is 12.1. The summed E-state index contributed by atoms with van der Waals surface area (Å²) in [6.45, 7) is 5.03. The Hall–Kier alpha value is -2.56. The summed E-state index contributed by atoms with van der Waals surface area (Å²) in [5, 5.41) is 10.7. The first-order chi connectivity index (χ1) is 10.2. The monoisotopic (exact) mass is 282 g/mol. The fourth-order valence-electron chi connectivity index (χ4n) is 2.44. The van der Waals surface area contributed by atoms with E-state index < -0.39 is 0 Å². The van der Waals surface area contributed by atoms with E-state index in [1.807, 2.05) is 25.1 Å². The van der Waals surface area contributed by atoms with Gasteiger partial charge in [-0.3, -0.25) is 9.89 Å². The van der Waals surface area contributed by atoms with Crippen LogP contribution in [0.15, 0.2) is 36.5 Å². The quantitative estimate of drug-likeness (QED) is 0.771. The van der Waals surface area contributed by atoms with Gasteiger partial charge in [0.1, 0.15) is 0 Å². The van der Waals surface area contributed by atoms with Gasteiger partial charge in [0.15, 0.2) is 5.69 Å². The highest BCUT2D eigenvalue weighted by atomic mass is 16.1. The van der Waals surface area contributed by atoms with Gasteiger partial charge in [0.2, 0.25) is 0 Å². The van der Waals surface area contributed by atoms with Crippen LogP contribution in [0.4, 0.5) is 5.69 Å². The molecule has 3 aromatic rings. The van der Waals surface area contributed by atoms with Crippen LogP contribution in [0.1, 0.15) is 29.5 Å². The normalized spacial score (nSPS) is 11.0. The lowest BCUT2D eigenvalue weighted by Gasteiger charge is -2.06. The molecular weight excluding hydrogens is 264 g/mol.